The van der Waals surface area contributed by atoms with E-state index in [-0.39, 0.29) is 0 Å². The molecular weight excluding hydrogens is 200 g/mol. The summed E-state index contributed by atoms with van der Waals surface area (Å²) in [5, 5.41) is 4.27. The van der Waals surface area contributed by atoms with Gasteiger partial charge >= 0.3 is 0 Å². The summed E-state index contributed by atoms with van der Waals surface area (Å²) in [7, 11) is 1.95. The van der Waals surface area contributed by atoms with Crippen molar-refractivity contribution in [2.75, 3.05) is 6.61 Å². The standard InChI is InChI=1S/C9H16N2O.2C2H6/c1-5-8-7(3)9(12-6-2)10-11(8)4;2*1-2/h5-6H2,1-4H3;2*1-2H3. The Morgan fingerprint density at radius 2 is 1.62 bits per heavy atom. The highest BCUT2D eigenvalue weighted by molar-refractivity contribution is 5.29. The van der Waals surface area contributed by atoms with Gasteiger partial charge in [-0.3, -0.25) is 4.68 Å². The predicted molar refractivity (Wildman–Crippen MR) is 71.2 cm³/mol. The number of hydrogen-bond donors (Lipinski definition) is 0. The fraction of sp³-hybridized carbons (Fsp3) is 0.769. The lowest BCUT2D eigenvalue weighted by atomic mass is 10.2. The van der Waals surface area contributed by atoms with Crippen LogP contribution >= 0.6 is 0 Å². The van der Waals surface area contributed by atoms with Crippen molar-refractivity contribution in [3.8, 4) is 5.88 Å². The lowest BCUT2D eigenvalue weighted by Gasteiger charge is -1.98. The first kappa shape index (κ1) is 17.4. The van der Waals surface area contributed by atoms with Crippen molar-refractivity contribution in [2.24, 2.45) is 7.05 Å². The van der Waals surface area contributed by atoms with Crippen LogP contribution in [0.15, 0.2) is 0 Å². The molecular formula is C13H28N2O. The Kier molecular flexibility index (Phi) is 11.5. The van der Waals surface area contributed by atoms with Gasteiger partial charge in [0.1, 0.15) is 0 Å². The quantitative estimate of drug-likeness (QED) is 0.788. The highest BCUT2D eigenvalue weighted by Gasteiger charge is 2.10. The van der Waals surface area contributed by atoms with Gasteiger partial charge in [-0.2, -0.15) is 0 Å². The molecule has 16 heavy (non-hydrogen) atoms. The number of nitrogens with zero attached hydrogens (tertiary/aromatic N) is 2. The molecule has 3 nitrogen and oxygen atoms in total. The fourth-order valence-corrected chi connectivity index (χ4v) is 1.41. The van der Waals surface area contributed by atoms with Crippen molar-refractivity contribution in [3.63, 3.8) is 0 Å². The van der Waals surface area contributed by atoms with E-state index in [4.69, 9.17) is 4.74 Å². The lowest BCUT2D eigenvalue weighted by Crippen LogP contribution is -1.97. The van der Waals surface area contributed by atoms with Crippen LogP contribution in [0.4, 0.5) is 0 Å². The van der Waals surface area contributed by atoms with E-state index < -0.39 is 0 Å². The van der Waals surface area contributed by atoms with Crippen molar-refractivity contribution in [2.45, 2.75) is 54.9 Å². The summed E-state index contributed by atoms with van der Waals surface area (Å²) in [6.45, 7) is 14.8. The largest absolute Gasteiger partial charge is 0.477 e. The summed E-state index contributed by atoms with van der Waals surface area (Å²) < 4.78 is 7.26. The second-order valence-corrected chi connectivity index (χ2v) is 2.79. The molecule has 3 heteroatoms. The summed E-state index contributed by atoms with van der Waals surface area (Å²) in [5.41, 5.74) is 2.42. The molecule has 0 radical (unpaired) electrons. The van der Waals surface area contributed by atoms with Crippen LogP contribution in [0.5, 0.6) is 5.88 Å². The molecule has 0 N–H and O–H groups in total. The molecule has 0 aliphatic heterocycles. The van der Waals surface area contributed by atoms with Crippen LogP contribution in [0.1, 0.15) is 52.8 Å². The molecule has 1 aromatic heterocycles. The average Bonchev–Trinajstić information content (AvgIpc) is 2.60. The van der Waals surface area contributed by atoms with E-state index in [1.807, 2.05) is 46.3 Å². The molecule has 96 valence electrons. The molecule has 0 aliphatic carbocycles. The van der Waals surface area contributed by atoms with Gasteiger partial charge in [0.25, 0.3) is 0 Å². The molecule has 0 amide bonds. The monoisotopic (exact) mass is 228 g/mol. The van der Waals surface area contributed by atoms with Crippen LogP contribution in [0.3, 0.4) is 0 Å². The molecule has 0 fully saturated rings. The Hall–Kier alpha value is -0.990. The van der Waals surface area contributed by atoms with Crippen molar-refractivity contribution in [1.29, 1.82) is 0 Å². The number of aromatic nitrogens is 2. The Morgan fingerprint density at radius 1 is 1.12 bits per heavy atom. The number of hydrogen-bond acceptors (Lipinski definition) is 2. The molecule has 0 saturated carbocycles. The van der Waals surface area contributed by atoms with Gasteiger partial charge in [0, 0.05) is 18.3 Å². The van der Waals surface area contributed by atoms with Crippen LogP contribution in [-0.2, 0) is 13.5 Å². The summed E-state index contributed by atoms with van der Waals surface area (Å²) in [5.74, 6) is 0.775. The van der Waals surface area contributed by atoms with Gasteiger partial charge in [0.05, 0.1) is 6.61 Å². The third-order valence-corrected chi connectivity index (χ3v) is 2.00. The maximum atomic E-state index is 5.37. The molecule has 1 heterocycles. The Bertz CT molecular complexity index is 267. The summed E-state index contributed by atoms with van der Waals surface area (Å²) in [4.78, 5) is 0. The Labute approximate surface area is 101 Å². The second-order valence-electron chi connectivity index (χ2n) is 2.79. The van der Waals surface area contributed by atoms with Crippen molar-refractivity contribution in [3.05, 3.63) is 11.3 Å². The van der Waals surface area contributed by atoms with Gasteiger partial charge in [0.15, 0.2) is 0 Å². The maximum absolute atomic E-state index is 5.37. The summed E-state index contributed by atoms with van der Waals surface area (Å²) in [6, 6.07) is 0. The smallest absolute Gasteiger partial charge is 0.235 e. The van der Waals surface area contributed by atoms with Gasteiger partial charge < -0.3 is 4.74 Å². The molecule has 1 aromatic rings. The van der Waals surface area contributed by atoms with E-state index in [9.17, 15) is 0 Å². The summed E-state index contributed by atoms with van der Waals surface area (Å²) in [6.07, 6.45) is 1.00. The third kappa shape index (κ3) is 4.69. The van der Waals surface area contributed by atoms with Crippen LogP contribution < -0.4 is 4.74 Å². The Morgan fingerprint density at radius 3 is 1.94 bits per heavy atom. The van der Waals surface area contributed by atoms with E-state index in [1.54, 1.807) is 0 Å². The predicted octanol–water partition coefficient (Wildman–Crippen LogP) is 3.74. The highest BCUT2D eigenvalue weighted by Crippen LogP contribution is 2.19. The molecule has 0 saturated heterocycles. The molecule has 0 atom stereocenters. The molecule has 1 rings (SSSR count). The first-order chi connectivity index (χ1) is 7.70. The number of rotatable bonds is 3. The first-order valence-corrected chi connectivity index (χ1v) is 6.35. The van der Waals surface area contributed by atoms with Gasteiger partial charge in [-0.1, -0.05) is 34.6 Å². The molecule has 0 spiro atoms. The van der Waals surface area contributed by atoms with Crippen molar-refractivity contribution in [1.82, 2.24) is 9.78 Å². The highest BCUT2D eigenvalue weighted by atomic mass is 16.5. The van der Waals surface area contributed by atoms with Crippen LogP contribution in [-0.4, -0.2) is 16.4 Å². The number of ether oxygens (including phenoxy) is 1. The van der Waals surface area contributed by atoms with Crippen LogP contribution in [0.2, 0.25) is 0 Å². The average molecular weight is 228 g/mol. The molecule has 0 aliphatic rings. The molecule has 0 aromatic carbocycles. The summed E-state index contributed by atoms with van der Waals surface area (Å²) >= 11 is 0. The second kappa shape index (κ2) is 10.5. The van der Waals surface area contributed by atoms with Gasteiger partial charge in [-0.05, 0) is 20.3 Å². The topological polar surface area (TPSA) is 27.1 Å². The van der Waals surface area contributed by atoms with E-state index >= 15 is 0 Å². The van der Waals surface area contributed by atoms with E-state index in [0.29, 0.717) is 6.61 Å². The normalized spacial score (nSPS) is 8.50. The van der Waals surface area contributed by atoms with Crippen molar-refractivity contribution >= 4 is 0 Å². The zero-order chi connectivity index (χ0) is 13.1. The zero-order valence-corrected chi connectivity index (χ0v) is 12.2. The van der Waals surface area contributed by atoms with E-state index in [1.165, 1.54) is 11.3 Å². The van der Waals surface area contributed by atoms with Crippen LogP contribution in [0.25, 0.3) is 0 Å². The van der Waals surface area contributed by atoms with Gasteiger partial charge in [-0.25, -0.2) is 0 Å². The zero-order valence-electron chi connectivity index (χ0n) is 12.2. The minimum Gasteiger partial charge on any atom is -0.477 e. The van der Waals surface area contributed by atoms with Crippen molar-refractivity contribution < 1.29 is 4.74 Å². The third-order valence-electron chi connectivity index (χ3n) is 2.00. The van der Waals surface area contributed by atoms with Gasteiger partial charge in [-0.15, -0.1) is 5.10 Å². The molecule has 0 bridgehead atoms. The van der Waals surface area contributed by atoms with Crippen LogP contribution in [0, 0.1) is 6.92 Å². The fourth-order valence-electron chi connectivity index (χ4n) is 1.41. The maximum Gasteiger partial charge on any atom is 0.235 e. The SMILES string of the molecule is CC.CC.CCOc1nn(C)c(CC)c1C. The first-order valence-electron chi connectivity index (χ1n) is 6.35. The Balaban J connectivity index is 0. The van der Waals surface area contributed by atoms with E-state index in [0.717, 1.165) is 12.3 Å². The van der Waals surface area contributed by atoms with Gasteiger partial charge in [0.2, 0.25) is 5.88 Å². The lowest BCUT2D eigenvalue weighted by molar-refractivity contribution is 0.321. The van der Waals surface area contributed by atoms with E-state index in [2.05, 4.69) is 18.9 Å². The minimum atomic E-state index is 0.682. The minimum absolute atomic E-state index is 0.682. The number of aryl methyl sites for hydroxylation is 1. The molecule has 0 unspecified atom stereocenters.